The molecule has 4 nitrogen and oxygen atoms in total. The van der Waals surface area contributed by atoms with Gasteiger partial charge in [-0.1, -0.05) is 41.7 Å². The van der Waals surface area contributed by atoms with Crippen LogP contribution in [0.2, 0.25) is 0 Å². The fourth-order valence-electron chi connectivity index (χ4n) is 2.84. The van der Waals surface area contributed by atoms with Crippen LogP contribution in [0.1, 0.15) is 41.0 Å². The van der Waals surface area contributed by atoms with Gasteiger partial charge in [0, 0.05) is 12.3 Å². The molecule has 1 aliphatic rings. The van der Waals surface area contributed by atoms with Crippen molar-refractivity contribution in [2.24, 2.45) is 22.7 Å². The summed E-state index contributed by atoms with van der Waals surface area (Å²) < 4.78 is -1.66. The van der Waals surface area contributed by atoms with Gasteiger partial charge in [-0.05, 0) is 27.7 Å². The van der Waals surface area contributed by atoms with Crippen molar-refractivity contribution in [3.05, 3.63) is 0 Å². The number of hydrogen-bond acceptors (Lipinski definition) is 4. The second-order valence-electron chi connectivity index (χ2n) is 6.86. The molecule has 0 amide bonds. The summed E-state index contributed by atoms with van der Waals surface area (Å²) in [6.07, 6.45) is -0.109. The van der Waals surface area contributed by atoms with Crippen LogP contribution in [0.25, 0.3) is 0 Å². The Balaban J connectivity index is 3.22. The maximum Gasteiger partial charge on any atom is 0.191 e. The first-order chi connectivity index (χ1) is 9.64. The molecule has 0 heterocycles. The fraction of sp³-hybridized carbons (Fsp3) is 0.733. The number of halogens is 3. The number of rotatable bonds is 3. The molecule has 0 spiro atoms. The van der Waals surface area contributed by atoms with E-state index in [1.54, 1.807) is 0 Å². The molecule has 1 rings (SSSR count). The molecule has 1 unspecified atom stereocenters. The highest BCUT2D eigenvalue weighted by molar-refractivity contribution is 6.67. The highest BCUT2D eigenvalue weighted by Crippen LogP contribution is 2.43. The highest BCUT2D eigenvalue weighted by atomic mass is 35.6. The average Bonchev–Trinajstić information content (AvgIpc) is 2.33. The lowest BCUT2D eigenvalue weighted by molar-refractivity contribution is -0.162. The smallest absolute Gasteiger partial charge is 0.191 e. The molecule has 124 valence electrons. The number of carbonyl (C=O) groups excluding carboxylic acids is 4. The second-order valence-corrected chi connectivity index (χ2v) is 9.38. The van der Waals surface area contributed by atoms with Crippen molar-refractivity contribution in [2.45, 2.75) is 44.8 Å². The van der Waals surface area contributed by atoms with Crippen LogP contribution in [0.4, 0.5) is 0 Å². The zero-order valence-electron chi connectivity index (χ0n) is 13.1. The summed E-state index contributed by atoms with van der Waals surface area (Å²) in [4.78, 5) is 49.9. The van der Waals surface area contributed by atoms with Crippen LogP contribution in [-0.4, -0.2) is 26.9 Å². The maximum atomic E-state index is 12.5. The largest absolute Gasteiger partial charge is 0.298 e. The van der Waals surface area contributed by atoms with Crippen molar-refractivity contribution in [1.29, 1.82) is 0 Å². The summed E-state index contributed by atoms with van der Waals surface area (Å²) in [6, 6.07) is 0. The van der Waals surface area contributed by atoms with Crippen LogP contribution >= 0.6 is 34.8 Å². The Bertz CT molecular complexity index is 513. The zero-order chi connectivity index (χ0) is 17.7. The van der Waals surface area contributed by atoms with Gasteiger partial charge in [0.15, 0.2) is 26.9 Å². The number of Topliss-reactive ketones (excluding diaryl/α,β-unsaturated/α-hetero) is 4. The SMILES string of the molecule is CC(CC(Cl)(Cl)Cl)C(=O)C1C(=O)C(C)(C)C(=O)C(C)(C)C1=O. The van der Waals surface area contributed by atoms with E-state index in [1.807, 2.05) is 0 Å². The number of carbonyl (C=O) groups is 4. The number of ketones is 4. The van der Waals surface area contributed by atoms with Crippen molar-refractivity contribution in [3.8, 4) is 0 Å². The Morgan fingerprint density at radius 2 is 1.41 bits per heavy atom. The summed E-state index contributed by atoms with van der Waals surface area (Å²) >= 11 is 17.0. The number of alkyl halides is 3. The number of hydrogen-bond donors (Lipinski definition) is 0. The maximum absolute atomic E-state index is 12.5. The van der Waals surface area contributed by atoms with Crippen molar-refractivity contribution >= 4 is 57.9 Å². The summed E-state index contributed by atoms with van der Waals surface area (Å²) in [7, 11) is 0. The van der Waals surface area contributed by atoms with Gasteiger partial charge in [-0.25, -0.2) is 0 Å². The predicted molar refractivity (Wildman–Crippen MR) is 85.2 cm³/mol. The third-order valence-corrected chi connectivity index (χ3v) is 4.66. The third kappa shape index (κ3) is 3.39. The van der Waals surface area contributed by atoms with E-state index in [2.05, 4.69) is 0 Å². The van der Waals surface area contributed by atoms with Crippen molar-refractivity contribution in [2.75, 3.05) is 0 Å². The van der Waals surface area contributed by atoms with E-state index < -0.39 is 49.6 Å². The minimum absolute atomic E-state index is 0.109. The Labute approximate surface area is 144 Å². The van der Waals surface area contributed by atoms with Gasteiger partial charge in [0.1, 0.15) is 5.92 Å². The Kier molecular flexibility index (Phi) is 5.24. The van der Waals surface area contributed by atoms with Gasteiger partial charge in [0.2, 0.25) is 0 Å². The van der Waals surface area contributed by atoms with Gasteiger partial charge in [-0.3, -0.25) is 19.2 Å². The highest BCUT2D eigenvalue weighted by Gasteiger charge is 2.60. The lowest BCUT2D eigenvalue weighted by atomic mass is 9.57. The molecule has 1 saturated carbocycles. The molecular formula is C15H19Cl3O4. The molecule has 7 heteroatoms. The molecule has 1 atom stereocenters. The van der Waals surface area contributed by atoms with Crippen LogP contribution in [0, 0.1) is 22.7 Å². The quantitative estimate of drug-likeness (QED) is 0.565. The van der Waals surface area contributed by atoms with Gasteiger partial charge in [-0.15, -0.1) is 0 Å². The van der Waals surface area contributed by atoms with E-state index in [9.17, 15) is 19.2 Å². The van der Waals surface area contributed by atoms with E-state index in [0.29, 0.717) is 0 Å². The molecule has 0 aromatic carbocycles. The molecule has 1 aliphatic carbocycles. The summed E-state index contributed by atoms with van der Waals surface area (Å²) in [5.41, 5.74) is -2.78. The minimum atomic E-state index is -1.66. The molecule has 0 bridgehead atoms. The van der Waals surface area contributed by atoms with Crippen LogP contribution in [0.5, 0.6) is 0 Å². The van der Waals surface area contributed by atoms with Gasteiger partial charge in [-0.2, -0.15) is 0 Å². The van der Waals surface area contributed by atoms with Crippen LogP contribution in [-0.2, 0) is 19.2 Å². The minimum Gasteiger partial charge on any atom is -0.298 e. The fourth-order valence-corrected chi connectivity index (χ4v) is 3.53. The Morgan fingerprint density at radius 1 is 1.05 bits per heavy atom. The normalized spacial score (nSPS) is 23.5. The first-order valence-electron chi connectivity index (χ1n) is 6.88. The second kappa shape index (κ2) is 5.88. The Hall–Kier alpha value is -0.450. The molecule has 0 N–H and O–H groups in total. The zero-order valence-corrected chi connectivity index (χ0v) is 15.4. The van der Waals surface area contributed by atoms with Crippen molar-refractivity contribution in [1.82, 2.24) is 0 Å². The van der Waals surface area contributed by atoms with Gasteiger partial charge < -0.3 is 0 Å². The first kappa shape index (κ1) is 19.6. The van der Waals surface area contributed by atoms with E-state index in [4.69, 9.17) is 34.8 Å². The third-order valence-electron chi connectivity index (χ3n) is 4.20. The van der Waals surface area contributed by atoms with Crippen molar-refractivity contribution in [3.63, 3.8) is 0 Å². The van der Waals surface area contributed by atoms with E-state index >= 15 is 0 Å². The lowest BCUT2D eigenvalue weighted by Gasteiger charge is -2.40. The van der Waals surface area contributed by atoms with Gasteiger partial charge in [0.25, 0.3) is 0 Å². The van der Waals surface area contributed by atoms with E-state index in [0.717, 1.165) is 0 Å². The Morgan fingerprint density at radius 3 is 1.73 bits per heavy atom. The molecule has 0 aromatic heterocycles. The van der Waals surface area contributed by atoms with E-state index in [-0.39, 0.29) is 6.42 Å². The van der Waals surface area contributed by atoms with Gasteiger partial charge >= 0.3 is 0 Å². The molecular weight excluding hydrogens is 351 g/mol. The van der Waals surface area contributed by atoms with Gasteiger partial charge in [0.05, 0.1) is 10.8 Å². The van der Waals surface area contributed by atoms with Crippen LogP contribution < -0.4 is 0 Å². The lowest BCUT2D eigenvalue weighted by Crippen LogP contribution is -2.59. The summed E-state index contributed by atoms with van der Waals surface area (Å²) in [6.45, 7) is 7.25. The van der Waals surface area contributed by atoms with Crippen LogP contribution in [0.3, 0.4) is 0 Å². The topological polar surface area (TPSA) is 68.3 Å². The molecule has 0 radical (unpaired) electrons. The first-order valence-corrected chi connectivity index (χ1v) is 8.01. The van der Waals surface area contributed by atoms with Crippen LogP contribution in [0.15, 0.2) is 0 Å². The molecule has 22 heavy (non-hydrogen) atoms. The molecule has 1 fully saturated rings. The predicted octanol–water partition coefficient (Wildman–Crippen LogP) is 3.34. The molecule has 0 aliphatic heterocycles. The average molecular weight is 370 g/mol. The van der Waals surface area contributed by atoms with E-state index in [1.165, 1.54) is 34.6 Å². The monoisotopic (exact) mass is 368 g/mol. The standard InChI is InChI=1S/C15H19Cl3O4/c1-7(6-15(16,17)18)9(19)8-10(20)13(2,3)12(22)14(4,5)11(8)21/h7-8H,6H2,1-5H3. The summed E-state index contributed by atoms with van der Waals surface area (Å²) in [5, 5.41) is 0. The molecule has 0 saturated heterocycles. The van der Waals surface area contributed by atoms with Crippen molar-refractivity contribution < 1.29 is 19.2 Å². The summed E-state index contributed by atoms with van der Waals surface area (Å²) in [5.74, 6) is -4.70. The molecule has 0 aromatic rings.